The normalized spacial score (nSPS) is 12.0. The van der Waals surface area contributed by atoms with Crippen molar-refractivity contribution in [2.45, 2.75) is 25.8 Å². The quantitative estimate of drug-likeness (QED) is 0.805. The van der Waals surface area contributed by atoms with E-state index >= 15 is 0 Å². The van der Waals surface area contributed by atoms with E-state index in [0.29, 0.717) is 10.6 Å². The lowest BCUT2D eigenvalue weighted by atomic mass is 10.1. The summed E-state index contributed by atoms with van der Waals surface area (Å²) in [7, 11) is 0. The van der Waals surface area contributed by atoms with Gasteiger partial charge in [-0.05, 0) is 53.4 Å². The van der Waals surface area contributed by atoms with E-state index in [2.05, 4.69) is 33.4 Å². The Morgan fingerprint density at radius 1 is 1.19 bits per heavy atom. The molecule has 0 saturated heterocycles. The molecule has 0 aliphatic carbocycles. The topological polar surface area (TPSA) is 29.1 Å². The highest BCUT2D eigenvalue weighted by molar-refractivity contribution is 9.10. The molecule has 1 atom stereocenters. The lowest BCUT2D eigenvalue weighted by molar-refractivity contribution is 0.0938. The van der Waals surface area contributed by atoms with E-state index < -0.39 is 0 Å². The van der Waals surface area contributed by atoms with Crippen molar-refractivity contribution in [3.8, 4) is 0 Å². The molecule has 2 rings (SSSR count). The molecule has 4 heteroatoms. The van der Waals surface area contributed by atoms with Crippen LogP contribution < -0.4 is 5.32 Å². The van der Waals surface area contributed by atoms with E-state index in [4.69, 9.17) is 11.6 Å². The van der Waals surface area contributed by atoms with Crippen LogP contribution in [0, 0.1) is 0 Å². The Morgan fingerprint density at radius 3 is 2.62 bits per heavy atom. The summed E-state index contributed by atoms with van der Waals surface area (Å²) in [6, 6.07) is 15.7. The van der Waals surface area contributed by atoms with Gasteiger partial charge < -0.3 is 5.32 Å². The Bertz CT molecular complexity index is 615. The van der Waals surface area contributed by atoms with Gasteiger partial charge in [-0.15, -0.1) is 0 Å². The smallest absolute Gasteiger partial charge is 0.253 e. The van der Waals surface area contributed by atoms with Crippen molar-refractivity contribution in [2.75, 3.05) is 0 Å². The second kappa shape index (κ2) is 7.62. The number of amides is 1. The fraction of sp³-hybridized carbons (Fsp3) is 0.235. The van der Waals surface area contributed by atoms with Crippen LogP contribution in [0.5, 0.6) is 0 Å². The molecule has 2 nitrogen and oxygen atoms in total. The highest BCUT2D eigenvalue weighted by Crippen LogP contribution is 2.26. The van der Waals surface area contributed by atoms with E-state index in [0.717, 1.165) is 17.3 Å². The molecule has 0 aromatic heterocycles. The van der Waals surface area contributed by atoms with Crippen molar-refractivity contribution in [3.05, 3.63) is 69.2 Å². The van der Waals surface area contributed by atoms with Crippen LogP contribution >= 0.6 is 27.5 Å². The molecule has 0 radical (unpaired) electrons. The molecule has 21 heavy (non-hydrogen) atoms. The third kappa shape index (κ3) is 4.58. The highest BCUT2D eigenvalue weighted by atomic mass is 79.9. The van der Waals surface area contributed by atoms with E-state index in [-0.39, 0.29) is 11.9 Å². The zero-order valence-electron chi connectivity index (χ0n) is 11.8. The molecular weight excluding hydrogens is 350 g/mol. The molecule has 0 bridgehead atoms. The summed E-state index contributed by atoms with van der Waals surface area (Å²) in [6.07, 6.45) is 1.83. The van der Waals surface area contributed by atoms with Crippen LogP contribution in [0.25, 0.3) is 0 Å². The predicted molar refractivity (Wildman–Crippen MR) is 90.8 cm³/mol. The van der Waals surface area contributed by atoms with Gasteiger partial charge in [0.15, 0.2) is 0 Å². The average Bonchev–Trinajstić information content (AvgIpc) is 2.49. The van der Waals surface area contributed by atoms with Crippen molar-refractivity contribution >= 4 is 33.4 Å². The molecule has 1 unspecified atom stereocenters. The first-order valence-electron chi connectivity index (χ1n) is 6.86. The van der Waals surface area contributed by atoms with E-state index in [1.54, 1.807) is 12.1 Å². The van der Waals surface area contributed by atoms with Crippen molar-refractivity contribution in [1.29, 1.82) is 0 Å². The van der Waals surface area contributed by atoms with Gasteiger partial charge in [-0.3, -0.25) is 4.79 Å². The molecule has 2 aromatic rings. The number of hydrogen-bond acceptors (Lipinski definition) is 1. The summed E-state index contributed by atoms with van der Waals surface area (Å²) < 4.78 is 0.730. The Hall–Kier alpha value is -1.32. The van der Waals surface area contributed by atoms with Gasteiger partial charge in [-0.25, -0.2) is 0 Å². The predicted octanol–water partition coefficient (Wildman–Crippen LogP) is 4.85. The Labute approximate surface area is 138 Å². The first kappa shape index (κ1) is 16.1. The van der Waals surface area contributed by atoms with Crippen LogP contribution in [0.3, 0.4) is 0 Å². The van der Waals surface area contributed by atoms with Crippen molar-refractivity contribution < 1.29 is 4.79 Å². The fourth-order valence-corrected chi connectivity index (χ4v) is 2.66. The van der Waals surface area contributed by atoms with Crippen LogP contribution in [-0.4, -0.2) is 11.9 Å². The van der Waals surface area contributed by atoms with Crippen molar-refractivity contribution in [3.63, 3.8) is 0 Å². The van der Waals surface area contributed by atoms with Crippen molar-refractivity contribution in [1.82, 2.24) is 5.32 Å². The van der Waals surface area contributed by atoms with Gasteiger partial charge in [0.05, 0.1) is 10.6 Å². The standard InChI is InChI=1S/C17H17BrClNO/c1-12(10-11-13-6-3-2-4-7-13)20-17(21)14-8-5-9-15(18)16(14)19/h2-9,12H,10-11H2,1H3,(H,20,21). The first-order valence-corrected chi connectivity index (χ1v) is 8.04. The average molecular weight is 367 g/mol. The number of carbonyl (C=O) groups is 1. The molecule has 110 valence electrons. The zero-order valence-corrected chi connectivity index (χ0v) is 14.1. The van der Waals surface area contributed by atoms with Crippen LogP contribution in [0.15, 0.2) is 53.0 Å². The van der Waals surface area contributed by atoms with Gasteiger partial charge in [0.1, 0.15) is 0 Å². The minimum Gasteiger partial charge on any atom is -0.350 e. The molecule has 1 N–H and O–H groups in total. The SMILES string of the molecule is CC(CCc1ccccc1)NC(=O)c1cccc(Br)c1Cl. The fourth-order valence-electron chi connectivity index (χ4n) is 2.08. The van der Waals surface area contributed by atoms with Gasteiger partial charge in [-0.2, -0.15) is 0 Å². The second-order valence-corrected chi connectivity index (χ2v) is 6.23. The molecule has 0 saturated carbocycles. The van der Waals surface area contributed by atoms with Crippen molar-refractivity contribution in [2.24, 2.45) is 0 Å². The molecule has 0 fully saturated rings. The minimum absolute atomic E-state index is 0.0905. The number of aryl methyl sites for hydroxylation is 1. The molecule has 2 aromatic carbocycles. The van der Waals surface area contributed by atoms with Gasteiger partial charge in [0, 0.05) is 10.5 Å². The molecule has 1 amide bonds. The van der Waals surface area contributed by atoms with Crippen LogP contribution in [0.1, 0.15) is 29.3 Å². The molecule has 0 heterocycles. The van der Waals surface area contributed by atoms with E-state index in [1.165, 1.54) is 5.56 Å². The third-order valence-electron chi connectivity index (χ3n) is 3.28. The summed E-state index contributed by atoms with van der Waals surface area (Å²) in [5, 5.41) is 3.44. The number of halogens is 2. The summed E-state index contributed by atoms with van der Waals surface area (Å²) in [5.74, 6) is -0.137. The summed E-state index contributed by atoms with van der Waals surface area (Å²) >= 11 is 9.47. The maximum atomic E-state index is 12.2. The maximum Gasteiger partial charge on any atom is 0.253 e. The Kier molecular flexibility index (Phi) is 5.83. The van der Waals surface area contributed by atoms with Crippen LogP contribution in [0.4, 0.5) is 0 Å². The lowest BCUT2D eigenvalue weighted by Crippen LogP contribution is -2.33. The highest BCUT2D eigenvalue weighted by Gasteiger charge is 2.14. The van der Waals surface area contributed by atoms with E-state index in [9.17, 15) is 4.79 Å². The Morgan fingerprint density at radius 2 is 1.90 bits per heavy atom. The first-order chi connectivity index (χ1) is 10.1. The largest absolute Gasteiger partial charge is 0.350 e. The third-order valence-corrected chi connectivity index (χ3v) is 4.58. The summed E-state index contributed by atoms with van der Waals surface area (Å²) in [5.41, 5.74) is 1.77. The number of benzene rings is 2. The number of hydrogen-bond donors (Lipinski definition) is 1. The summed E-state index contributed by atoms with van der Waals surface area (Å²) in [4.78, 5) is 12.2. The van der Waals surface area contributed by atoms with Crippen LogP contribution in [0.2, 0.25) is 5.02 Å². The zero-order chi connectivity index (χ0) is 15.2. The second-order valence-electron chi connectivity index (χ2n) is 5.00. The van der Waals surface area contributed by atoms with Gasteiger partial charge in [0.25, 0.3) is 5.91 Å². The van der Waals surface area contributed by atoms with E-state index in [1.807, 2.05) is 31.2 Å². The maximum absolute atomic E-state index is 12.2. The van der Waals surface area contributed by atoms with Gasteiger partial charge >= 0.3 is 0 Å². The lowest BCUT2D eigenvalue weighted by Gasteiger charge is -2.15. The van der Waals surface area contributed by atoms with Gasteiger partial charge in [0.2, 0.25) is 0 Å². The summed E-state index contributed by atoms with van der Waals surface area (Å²) in [6.45, 7) is 2.01. The number of carbonyl (C=O) groups excluding carboxylic acids is 1. The van der Waals surface area contributed by atoms with Crippen LogP contribution in [-0.2, 0) is 6.42 Å². The Balaban J connectivity index is 1.92. The number of nitrogens with one attached hydrogen (secondary N) is 1. The van der Waals surface area contributed by atoms with Gasteiger partial charge in [-0.1, -0.05) is 48.0 Å². The number of rotatable bonds is 5. The molecule has 0 spiro atoms. The monoisotopic (exact) mass is 365 g/mol. The molecular formula is C17H17BrClNO. The molecule has 0 aliphatic rings. The molecule has 0 aliphatic heterocycles. The minimum atomic E-state index is -0.137.